The first kappa shape index (κ1) is 15.4. The Morgan fingerprint density at radius 2 is 2.26 bits per heavy atom. The number of amides is 2. The monoisotopic (exact) mass is 332 g/mol. The van der Waals surface area contributed by atoms with Crippen molar-refractivity contribution in [1.82, 2.24) is 19.6 Å². The molecule has 0 radical (unpaired) electrons. The minimum Gasteiger partial charge on any atom is -0.467 e. The van der Waals surface area contributed by atoms with Crippen molar-refractivity contribution in [3.05, 3.63) is 59.4 Å². The average molecular weight is 333 g/mol. The van der Waals surface area contributed by atoms with Gasteiger partial charge in [-0.3, -0.25) is 0 Å². The van der Waals surface area contributed by atoms with Gasteiger partial charge in [0, 0.05) is 19.4 Å². The molecule has 3 heterocycles. The second-order valence-electron chi connectivity index (χ2n) is 5.31. The van der Waals surface area contributed by atoms with Gasteiger partial charge in [-0.15, -0.1) is 0 Å². The summed E-state index contributed by atoms with van der Waals surface area (Å²) in [4.78, 5) is 18.3. The number of hydrogen-bond donors (Lipinski definition) is 1. The van der Waals surface area contributed by atoms with Crippen molar-refractivity contribution >= 4 is 23.3 Å². The van der Waals surface area contributed by atoms with Gasteiger partial charge in [0.2, 0.25) is 0 Å². The smallest absolute Gasteiger partial charge is 0.318 e. The first-order valence-electron chi connectivity index (χ1n) is 7.22. The molecule has 0 aliphatic heterocycles. The minimum atomic E-state index is -0.191. The van der Waals surface area contributed by atoms with Crippen LogP contribution in [0.3, 0.4) is 0 Å². The molecule has 1 N–H and O–H groups in total. The summed E-state index contributed by atoms with van der Waals surface area (Å²) < 4.78 is 7.16. The fraction of sp³-hybridized carbons (Fsp3) is 0.250. The Labute approximate surface area is 138 Å². The molecule has 3 rings (SSSR count). The van der Waals surface area contributed by atoms with Gasteiger partial charge in [0.25, 0.3) is 0 Å². The van der Waals surface area contributed by atoms with Gasteiger partial charge >= 0.3 is 6.03 Å². The number of nitrogens with one attached hydrogen (secondary N) is 1. The lowest BCUT2D eigenvalue weighted by Gasteiger charge is -2.23. The highest BCUT2D eigenvalue weighted by Gasteiger charge is 2.19. The van der Waals surface area contributed by atoms with Gasteiger partial charge in [0.05, 0.1) is 29.6 Å². The van der Waals surface area contributed by atoms with E-state index in [1.54, 1.807) is 36.5 Å². The molecule has 0 saturated heterocycles. The van der Waals surface area contributed by atoms with Crippen LogP contribution in [0.5, 0.6) is 0 Å². The minimum absolute atomic E-state index is 0.148. The Hall–Kier alpha value is -2.47. The molecule has 3 aromatic heterocycles. The number of urea groups is 1. The Bertz CT molecular complexity index is 813. The maximum Gasteiger partial charge on any atom is 0.318 e. The zero-order valence-corrected chi connectivity index (χ0v) is 13.6. The van der Waals surface area contributed by atoms with Crippen LogP contribution < -0.4 is 5.32 Å². The number of furan rings is 1. The van der Waals surface area contributed by atoms with E-state index in [-0.39, 0.29) is 12.1 Å². The van der Waals surface area contributed by atoms with Crippen molar-refractivity contribution in [2.75, 3.05) is 7.05 Å². The van der Waals surface area contributed by atoms with Crippen LogP contribution in [0.1, 0.15) is 24.4 Å². The Kier molecular flexibility index (Phi) is 4.25. The summed E-state index contributed by atoms with van der Waals surface area (Å²) in [6, 6.07) is 6.93. The van der Waals surface area contributed by atoms with E-state index in [2.05, 4.69) is 10.3 Å². The molecule has 0 fully saturated rings. The number of carbonyl (C=O) groups excluding carboxylic acids is 1. The predicted octanol–water partition coefficient (Wildman–Crippen LogP) is 3.48. The number of rotatable bonds is 4. The van der Waals surface area contributed by atoms with Crippen molar-refractivity contribution in [3.8, 4) is 0 Å². The van der Waals surface area contributed by atoms with Crippen LogP contribution in [0.15, 0.2) is 47.3 Å². The molecule has 0 aliphatic rings. The fourth-order valence-corrected chi connectivity index (χ4v) is 2.46. The molecule has 0 bridgehead atoms. The van der Waals surface area contributed by atoms with E-state index in [1.807, 2.05) is 29.7 Å². The van der Waals surface area contributed by atoms with Crippen molar-refractivity contribution < 1.29 is 9.21 Å². The number of halogens is 1. The molecule has 2 amide bonds. The van der Waals surface area contributed by atoms with Gasteiger partial charge < -0.3 is 19.0 Å². The van der Waals surface area contributed by atoms with Crippen LogP contribution in [0, 0.1) is 0 Å². The summed E-state index contributed by atoms with van der Waals surface area (Å²) in [5, 5.41) is 3.49. The summed E-state index contributed by atoms with van der Waals surface area (Å²) in [6.07, 6.45) is 5.22. The SMILES string of the molecule is CC(c1ccco1)N(C)C(=O)NCc1cn2cc(Cl)ccc2n1. The molecule has 1 unspecified atom stereocenters. The largest absolute Gasteiger partial charge is 0.467 e. The topological polar surface area (TPSA) is 62.8 Å². The molecule has 0 spiro atoms. The second kappa shape index (κ2) is 6.34. The van der Waals surface area contributed by atoms with Gasteiger partial charge in [-0.2, -0.15) is 0 Å². The van der Waals surface area contributed by atoms with E-state index in [4.69, 9.17) is 16.0 Å². The van der Waals surface area contributed by atoms with Crippen LogP contribution in [0.2, 0.25) is 5.02 Å². The zero-order valence-electron chi connectivity index (χ0n) is 12.9. The van der Waals surface area contributed by atoms with E-state index in [0.717, 1.165) is 17.1 Å². The van der Waals surface area contributed by atoms with Crippen LogP contribution >= 0.6 is 11.6 Å². The molecule has 7 heteroatoms. The molecule has 0 aromatic carbocycles. The van der Waals surface area contributed by atoms with E-state index in [0.29, 0.717) is 11.6 Å². The Morgan fingerprint density at radius 1 is 1.43 bits per heavy atom. The number of hydrogen-bond acceptors (Lipinski definition) is 3. The van der Waals surface area contributed by atoms with E-state index in [1.165, 1.54) is 0 Å². The summed E-state index contributed by atoms with van der Waals surface area (Å²) in [6.45, 7) is 2.25. The lowest BCUT2D eigenvalue weighted by Crippen LogP contribution is -2.38. The summed E-state index contributed by atoms with van der Waals surface area (Å²) in [5.74, 6) is 0.741. The third kappa shape index (κ3) is 3.32. The Balaban J connectivity index is 1.63. The Morgan fingerprint density at radius 3 is 3.00 bits per heavy atom. The zero-order chi connectivity index (χ0) is 16.4. The molecular formula is C16H17ClN4O2. The van der Waals surface area contributed by atoms with Gasteiger partial charge in [-0.1, -0.05) is 11.6 Å². The number of fused-ring (bicyclic) bond motifs is 1. The van der Waals surface area contributed by atoms with Crippen molar-refractivity contribution in [2.45, 2.75) is 19.5 Å². The van der Waals surface area contributed by atoms with Crippen molar-refractivity contribution in [3.63, 3.8) is 0 Å². The number of imidazole rings is 1. The average Bonchev–Trinajstić information content (AvgIpc) is 3.19. The molecule has 0 aliphatic carbocycles. The molecular weight excluding hydrogens is 316 g/mol. The first-order chi connectivity index (χ1) is 11.0. The molecule has 120 valence electrons. The highest BCUT2D eigenvalue weighted by molar-refractivity contribution is 6.30. The lowest BCUT2D eigenvalue weighted by atomic mass is 10.2. The molecule has 1 atom stereocenters. The molecule has 3 aromatic rings. The third-order valence-corrected chi connectivity index (χ3v) is 3.97. The maximum atomic E-state index is 12.2. The van der Waals surface area contributed by atoms with Crippen LogP contribution in [-0.2, 0) is 6.54 Å². The summed E-state index contributed by atoms with van der Waals surface area (Å²) >= 11 is 5.95. The van der Waals surface area contributed by atoms with Crippen LogP contribution in [0.25, 0.3) is 5.65 Å². The predicted molar refractivity (Wildman–Crippen MR) is 87.3 cm³/mol. The second-order valence-corrected chi connectivity index (χ2v) is 5.74. The first-order valence-corrected chi connectivity index (χ1v) is 7.59. The van der Waals surface area contributed by atoms with Crippen LogP contribution in [0.4, 0.5) is 4.79 Å². The summed E-state index contributed by atoms with van der Waals surface area (Å²) in [5.41, 5.74) is 1.55. The van der Waals surface area contributed by atoms with Gasteiger partial charge in [0.1, 0.15) is 11.4 Å². The molecule has 6 nitrogen and oxygen atoms in total. The number of carbonyl (C=O) groups is 1. The highest BCUT2D eigenvalue weighted by atomic mass is 35.5. The lowest BCUT2D eigenvalue weighted by molar-refractivity contribution is 0.187. The molecule has 23 heavy (non-hydrogen) atoms. The number of nitrogens with zero attached hydrogens (tertiary/aromatic N) is 3. The van der Waals surface area contributed by atoms with Crippen molar-refractivity contribution in [1.29, 1.82) is 0 Å². The summed E-state index contributed by atoms with van der Waals surface area (Å²) in [7, 11) is 1.73. The number of pyridine rings is 1. The normalized spacial score (nSPS) is 12.3. The highest BCUT2D eigenvalue weighted by Crippen LogP contribution is 2.19. The molecule has 0 saturated carbocycles. The fourth-order valence-electron chi connectivity index (χ4n) is 2.29. The van der Waals surface area contributed by atoms with E-state index >= 15 is 0 Å². The van der Waals surface area contributed by atoms with E-state index in [9.17, 15) is 4.79 Å². The van der Waals surface area contributed by atoms with Gasteiger partial charge in [-0.25, -0.2) is 9.78 Å². The van der Waals surface area contributed by atoms with Gasteiger partial charge in [0.15, 0.2) is 0 Å². The number of aromatic nitrogens is 2. The van der Waals surface area contributed by atoms with Crippen LogP contribution in [-0.4, -0.2) is 27.4 Å². The maximum absolute atomic E-state index is 12.2. The standard InChI is InChI=1S/C16H17ClN4O2/c1-11(14-4-3-7-23-14)20(2)16(22)18-8-13-10-21-9-12(17)5-6-15(21)19-13/h3-7,9-11H,8H2,1-2H3,(H,18,22). The van der Waals surface area contributed by atoms with Gasteiger partial charge in [-0.05, 0) is 31.2 Å². The third-order valence-electron chi connectivity index (χ3n) is 3.74. The van der Waals surface area contributed by atoms with Crippen molar-refractivity contribution in [2.24, 2.45) is 0 Å². The van der Waals surface area contributed by atoms with E-state index < -0.39 is 0 Å². The quantitative estimate of drug-likeness (QED) is 0.795.